The minimum atomic E-state index is -0.106. The summed E-state index contributed by atoms with van der Waals surface area (Å²) in [6.45, 7) is 8.54. The van der Waals surface area contributed by atoms with Crippen LogP contribution in [0.4, 0.5) is 5.69 Å². The maximum Gasteiger partial charge on any atom is 0.159 e. The van der Waals surface area contributed by atoms with E-state index in [-0.39, 0.29) is 12.2 Å². The van der Waals surface area contributed by atoms with Crippen molar-refractivity contribution in [3.63, 3.8) is 0 Å². The molecule has 2 fully saturated rings. The van der Waals surface area contributed by atoms with E-state index in [1.54, 1.807) is 14.2 Å². The normalized spacial score (nSPS) is 20.5. The molecule has 2 N–H and O–H groups in total. The molecule has 1 aliphatic carbocycles. The monoisotopic (exact) mass is 558 g/mol. The number of nitrogens with zero attached hydrogens (tertiary/aromatic N) is 1. The standard InChI is InChI=1S/C30H35NO3.C4H9N.C2H6/c1-33-30(34-2)23-16-18-31(19-17-23)25-11-8-22(9-12-25)29-27(21-6-4-3-5-7-21)14-10-24-20-26(32)13-15-28(24)29;1-2-4-5-3-1;1-2/h3-9,11-13,15,20,23,27,29-30,32H,10,14,16-19H2,1-2H3;5H,1-4H2;1-2H3. The number of phenols is 1. The molecule has 0 saturated carbocycles. The Morgan fingerprint density at radius 1 is 0.805 bits per heavy atom. The lowest BCUT2D eigenvalue weighted by atomic mass is 9.69. The van der Waals surface area contributed by atoms with Crippen LogP contribution in [0.5, 0.6) is 5.75 Å². The molecule has 2 heterocycles. The van der Waals surface area contributed by atoms with E-state index in [2.05, 4.69) is 70.9 Å². The highest BCUT2D eigenvalue weighted by Gasteiger charge is 2.32. The van der Waals surface area contributed by atoms with Gasteiger partial charge in [0, 0.05) is 44.8 Å². The minimum Gasteiger partial charge on any atom is -0.508 e. The van der Waals surface area contributed by atoms with E-state index in [9.17, 15) is 5.11 Å². The number of rotatable bonds is 6. The van der Waals surface area contributed by atoms with Gasteiger partial charge in [-0.05, 0) is 104 Å². The molecule has 2 unspecified atom stereocenters. The molecule has 2 saturated heterocycles. The largest absolute Gasteiger partial charge is 0.508 e. The van der Waals surface area contributed by atoms with E-state index in [1.807, 2.05) is 26.0 Å². The molecule has 0 aromatic heterocycles. The molecule has 0 radical (unpaired) electrons. The Bertz CT molecular complexity index is 1140. The van der Waals surface area contributed by atoms with Crippen LogP contribution in [0.2, 0.25) is 0 Å². The molecule has 0 bridgehead atoms. The first kappa shape index (κ1) is 31.1. The summed E-state index contributed by atoms with van der Waals surface area (Å²) in [6.07, 6.45) is 6.90. The predicted molar refractivity (Wildman–Crippen MR) is 170 cm³/mol. The Hall–Kier alpha value is -2.86. The number of piperidine rings is 1. The third-order valence-electron chi connectivity index (χ3n) is 8.78. The second-order valence-electron chi connectivity index (χ2n) is 11.1. The van der Waals surface area contributed by atoms with Crippen LogP contribution < -0.4 is 10.2 Å². The highest BCUT2D eigenvalue weighted by atomic mass is 16.7. The Morgan fingerprint density at radius 2 is 1.46 bits per heavy atom. The first-order valence-electron chi connectivity index (χ1n) is 15.7. The van der Waals surface area contributed by atoms with Crippen molar-refractivity contribution in [2.24, 2.45) is 5.92 Å². The van der Waals surface area contributed by atoms with Gasteiger partial charge >= 0.3 is 0 Å². The Balaban J connectivity index is 0.000000492. The Morgan fingerprint density at radius 3 is 2.05 bits per heavy atom. The number of ether oxygens (including phenoxy) is 2. The summed E-state index contributed by atoms with van der Waals surface area (Å²) in [7, 11) is 3.46. The van der Waals surface area contributed by atoms with E-state index in [4.69, 9.17) is 9.47 Å². The number of methoxy groups -OCH3 is 2. The van der Waals surface area contributed by atoms with Crippen LogP contribution in [0.15, 0.2) is 72.8 Å². The van der Waals surface area contributed by atoms with Crippen molar-refractivity contribution in [2.45, 2.75) is 70.5 Å². The van der Waals surface area contributed by atoms with Crippen LogP contribution in [-0.4, -0.2) is 51.8 Å². The molecule has 2 atom stereocenters. The third-order valence-corrected chi connectivity index (χ3v) is 8.78. The summed E-state index contributed by atoms with van der Waals surface area (Å²) < 4.78 is 11.0. The van der Waals surface area contributed by atoms with E-state index in [0.717, 1.165) is 38.8 Å². The average molecular weight is 559 g/mol. The second-order valence-corrected chi connectivity index (χ2v) is 11.1. The van der Waals surface area contributed by atoms with Crippen LogP contribution >= 0.6 is 0 Å². The van der Waals surface area contributed by atoms with Crippen LogP contribution in [-0.2, 0) is 15.9 Å². The Kier molecular flexibility index (Phi) is 12.1. The molecular formula is C36H50N2O3. The summed E-state index contributed by atoms with van der Waals surface area (Å²) in [5.41, 5.74) is 6.64. The van der Waals surface area contributed by atoms with Gasteiger partial charge in [0.2, 0.25) is 0 Å². The van der Waals surface area contributed by atoms with Gasteiger partial charge in [-0.25, -0.2) is 0 Å². The summed E-state index contributed by atoms with van der Waals surface area (Å²) in [6, 6.07) is 26.0. The number of phenolic OH excluding ortho intramolecular Hbond substituents is 1. The van der Waals surface area contributed by atoms with Crippen molar-refractivity contribution < 1.29 is 14.6 Å². The number of hydrogen-bond donors (Lipinski definition) is 2. The first-order valence-corrected chi connectivity index (χ1v) is 15.7. The summed E-state index contributed by atoms with van der Waals surface area (Å²) >= 11 is 0. The molecule has 0 amide bonds. The van der Waals surface area contributed by atoms with Gasteiger partial charge in [0.05, 0.1) is 0 Å². The zero-order chi connectivity index (χ0) is 29.0. The fourth-order valence-electron chi connectivity index (χ4n) is 6.71. The summed E-state index contributed by atoms with van der Waals surface area (Å²) in [5.74, 6) is 1.53. The molecular weight excluding hydrogens is 508 g/mol. The highest BCUT2D eigenvalue weighted by Crippen LogP contribution is 2.47. The average Bonchev–Trinajstić information content (AvgIpc) is 3.64. The van der Waals surface area contributed by atoms with Crippen LogP contribution in [0.3, 0.4) is 0 Å². The zero-order valence-electron chi connectivity index (χ0n) is 25.5. The molecule has 3 aliphatic rings. The maximum absolute atomic E-state index is 10.1. The quantitative estimate of drug-likeness (QED) is 0.307. The van der Waals surface area contributed by atoms with Gasteiger partial charge in [-0.2, -0.15) is 0 Å². The molecule has 3 aromatic rings. The van der Waals surface area contributed by atoms with E-state index in [1.165, 1.54) is 53.9 Å². The lowest BCUT2D eigenvalue weighted by Crippen LogP contribution is -2.39. The van der Waals surface area contributed by atoms with Gasteiger partial charge in [-0.1, -0.05) is 62.4 Å². The molecule has 6 rings (SSSR count). The second kappa shape index (κ2) is 16.0. The fraction of sp³-hybridized carbons (Fsp3) is 0.500. The van der Waals surface area contributed by atoms with Crippen molar-refractivity contribution in [3.8, 4) is 5.75 Å². The van der Waals surface area contributed by atoms with E-state index in [0.29, 0.717) is 17.6 Å². The number of fused-ring (bicyclic) bond motifs is 1. The number of nitrogens with one attached hydrogen (secondary N) is 1. The number of benzene rings is 3. The first-order chi connectivity index (χ1) is 20.2. The predicted octanol–water partition coefficient (Wildman–Crippen LogP) is 7.49. The van der Waals surface area contributed by atoms with Crippen LogP contribution in [0.1, 0.15) is 80.0 Å². The van der Waals surface area contributed by atoms with Crippen molar-refractivity contribution in [1.82, 2.24) is 5.32 Å². The maximum atomic E-state index is 10.1. The molecule has 0 spiro atoms. The van der Waals surface area contributed by atoms with Crippen LogP contribution in [0.25, 0.3) is 0 Å². The SMILES string of the molecule is C1CCNC1.CC.COC(OC)C1CCN(c2ccc(C3c4ccc(O)cc4CCC3c3ccccc3)cc2)CC1. The van der Waals surface area contributed by atoms with Gasteiger partial charge in [-0.15, -0.1) is 0 Å². The van der Waals surface area contributed by atoms with Crippen LogP contribution in [0, 0.1) is 5.92 Å². The number of aromatic hydroxyl groups is 1. The molecule has 41 heavy (non-hydrogen) atoms. The van der Waals surface area contributed by atoms with E-state index >= 15 is 0 Å². The molecule has 222 valence electrons. The van der Waals surface area contributed by atoms with Gasteiger partial charge in [0.15, 0.2) is 6.29 Å². The van der Waals surface area contributed by atoms with E-state index < -0.39 is 0 Å². The van der Waals surface area contributed by atoms with Crippen molar-refractivity contribution in [3.05, 3.63) is 95.1 Å². The third kappa shape index (κ3) is 7.91. The van der Waals surface area contributed by atoms with Gasteiger partial charge in [0.25, 0.3) is 0 Å². The van der Waals surface area contributed by atoms with Gasteiger partial charge in [0.1, 0.15) is 5.75 Å². The molecule has 5 heteroatoms. The summed E-state index contributed by atoms with van der Waals surface area (Å²) in [4.78, 5) is 2.48. The smallest absolute Gasteiger partial charge is 0.159 e. The molecule has 3 aromatic carbocycles. The fourth-order valence-corrected chi connectivity index (χ4v) is 6.71. The molecule has 5 nitrogen and oxygen atoms in total. The Labute approximate surface area is 247 Å². The lowest BCUT2D eigenvalue weighted by Gasteiger charge is -2.37. The van der Waals surface area contributed by atoms with Gasteiger partial charge in [-0.3, -0.25) is 0 Å². The zero-order valence-corrected chi connectivity index (χ0v) is 25.5. The number of aryl methyl sites for hydroxylation is 1. The highest BCUT2D eigenvalue weighted by molar-refractivity contribution is 5.52. The van der Waals surface area contributed by atoms with Crippen molar-refractivity contribution in [1.29, 1.82) is 0 Å². The molecule has 2 aliphatic heterocycles. The van der Waals surface area contributed by atoms with Gasteiger partial charge < -0.3 is 24.8 Å². The number of hydrogen-bond acceptors (Lipinski definition) is 5. The minimum absolute atomic E-state index is 0.106. The van der Waals surface area contributed by atoms with Crippen molar-refractivity contribution in [2.75, 3.05) is 45.3 Å². The van der Waals surface area contributed by atoms with Crippen molar-refractivity contribution >= 4 is 5.69 Å². The topological polar surface area (TPSA) is 54.0 Å². The number of anilines is 1. The lowest BCUT2D eigenvalue weighted by molar-refractivity contribution is -0.141. The summed E-state index contributed by atoms with van der Waals surface area (Å²) in [5, 5.41) is 13.3.